The normalized spacial score (nSPS) is 16.9. The van der Waals surface area contributed by atoms with Crippen molar-refractivity contribution in [1.29, 1.82) is 0 Å². The molecule has 0 atom stereocenters. The highest BCUT2D eigenvalue weighted by Crippen LogP contribution is 2.19. The molecule has 1 aromatic carbocycles. The minimum atomic E-state index is -0.343. The van der Waals surface area contributed by atoms with E-state index in [4.69, 9.17) is 5.73 Å². The summed E-state index contributed by atoms with van der Waals surface area (Å²) in [4.78, 5) is 12.7. The van der Waals surface area contributed by atoms with Crippen LogP contribution in [0.5, 0.6) is 0 Å². The van der Waals surface area contributed by atoms with Gasteiger partial charge in [-0.15, -0.1) is 12.4 Å². The van der Waals surface area contributed by atoms with Gasteiger partial charge in [0.15, 0.2) is 0 Å². The Kier molecular flexibility index (Phi) is 6.21. The number of rotatable bonds is 4. The van der Waals surface area contributed by atoms with Crippen molar-refractivity contribution in [2.75, 3.05) is 19.6 Å². The lowest BCUT2D eigenvalue weighted by Gasteiger charge is -2.31. The van der Waals surface area contributed by atoms with Crippen LogP contribution in [0.25, 0.3) is 0 Å². The maximum atomic E-state index is 10.7. The van der Waals surface area contributed by atoms with Gasteiger partial charge in [-0.2, -0.15) is 0 Å². The largest absolute Gasteiger partial charge is 0.330 e. The summed E-state index contributed by atoms with van der Waals surface area (Å²) in [6.07, 6.45) is 2.26. The molecule has 0 radical (unpaired) electrons. The molecule has 0 saturated carbocycles. The number of benzene rings is 1. The first-order valence-electron chi connectivity index (χ1n) is 6.35. The fourth-order valence-corrected chi connectivity index (χ4v) is 2.41. The van der Waals surface area contributed by atoms with Gasteiger partial charge in [-0.25, -0.2) is 0 Å². The second kappa shape index (κ2) is 7.43. The molecule has 1 aromatic rings. The number of halogens is 1. The van der Waals surface area contributed by atoms with Crippen molar-refractivity contribution >= 4 is 18.1 Å². The van der Waals surface area contributed by atoms with Crippen LogP contribution in [0.4, 0.5) is 5.69 Å². The number of hydrogen-bond donors (Lipinski definition) is 1. The zero-order valence-corrected chi connectivity index (χ0v) is 11.6. The summed E-state index contributed by atoms with van der Waals surface area (Å²) in [6, 6.07) is 6.89. The van der Waals surface area contributed by atoms with Crippen LogP contribution in [0.2, 0.25) is 0 Å². The predicted molar refractivity (Wildman–Crippen MR) is 77.4 cm³/mol. The third-order valence-electron chi connectivity index (χ3n) is 3.57. The quantitative estimate of drug-likeness (QED) is 0.680. The number of hydrogen-bond acceptors (Lipinski definition) is 4. The molecule has 2 rings (SSSR count). The van der Waals surface area contributed by atoms with Crippen LogP contribution < -0.4 is 5.73 Å². The van der Waals surface area contributed by atoms with Crippen LogP contribution in [0.15, 0.2) is 24.3 Å². The number of non-ortho nitro benzene ring substituents is 1. The first-order valence-corrected chi connectivity index (χ1v) is 6.35. The summed E-state index contributed by atoms with van der Waals surface area (Å²) < 4.78 is 0. The smallest absolute Gasteiger partial charge is 0.269 e. The Bertz CT molecular complexity index is 420. The molecule has 1 aliphatic heterocycles. The molecule has 1 aliphatic rings. The van der Waals surface area contributed by atoms with Gasteiger partial charge >= 0.3 is 0 Å². The Balaban J connectivity index is 0.00000180. The van der Waals surface area contributed by atoms with Crippen LogP contribution >= 0.6 is 12.4 Å². The fourth-order valence-electron chi connectivity index (χ4n) is 2.41. The molecule has 6 heteroatoms. The molecule has 0 aliphatic carbocycles. The van der Waals surface area contributed by atoms with E-state index in [2.05, 4.69) is 4.90 Å². The van der Waals surface area contributed by atoms with Crippen molar-refractivity contribution in [3.8, 4) is 0 Å². The third-order valence-corrected chi connectivity index (χ3v) is 3.57. The van der Waals surface area contributed by atoms with E-state index >= 15 is 0 Å². The Hall–Kier alpha value is -1.17. The average Bonchev–Trinajstić information content (AvgIpc) is 2.40. The lowest BCUT2D eigenvalue weighted by molar-refractivity contribution is -0.384. The van der Waals surface area contributed by atoms with Gasteiger partial charge in [-0.05, 0) is 44.0 Å². The SMILES string of the molecule is Cl.NCC1CCN(Cc2cccc([N+](=O)[O-])c2)CC1. The molecule has 1 fully saturated rings. The van der Waals surface area contributed by atoms with E-state index in [1.54, 1.807) is 12.1 Å². The Labute approximate surface area is 119 Å². The van der Waals surface area contributed by atoms with Crippen LogP contribution in [-0.4, -0.2) is 29.5 Å². The van der Waals surface area contributed by atoms with Crippen LogP contribution in [0.1, 0.15) is 18.4 Å². The Morgan fingerprint density at radius 3 is 2.63 bits per heavy atom. The summed E-state index contributed by atoms with van der Waals surface area (Å²) in [5.74, 6) is 0.645. The average molecular weight is 286 g/mol. The minimum absolute atomic E-state index is 0. The zero-order chi connectivity index (χ0) is 13.0. The van der Waals surface area contributed by atoms with Gasteiger partial charge in [0.2, 0.25) is 0 Å². The standard InChI is InChI=1S/C13H19N3O2.ClH/c14-9-11-4-6-15(7-5-11)10-12-2-1-3-13(8-12)16(17)18;/h1-3,8,11H,4-7,9-10,14H2;1H. The second-order valence-electron chi connectivity index (χ2n) is 4.88. The van der Waals surface area contributed by atoms with Gasteiger partial charge in [-0.3, -0.25) is 15.0 Å². The number of nitro groups is 1. The maximum absolute atomic E-state index is 10.7. The number of nitro benzene ring substituents is 1. The molecule has 19 heavy (non-hydrogen) atoms. The molecular weight excluding hydrogens is 266 g/mol. The first kappa shape index (κ1) is 15.9. The lowest BCUT2D eigenvalue weighted by atomic mass is 9.97. The van der Waals surface area contributed by atoms with Gasteiger partial charge in [-0.1, -0.05) is 12.1 Å². The summed E-state index contributed by atoms with van der Waals surface area (Å²) in [5.41, 5.74) is 6.84. The van der Waals surface area contributed by atoms with Gasteiger partial charge < -0.3 is 5.73 Å². The van der Waals surface area contributed by atoms with Crippen LogP contribution in [-0.2, 0) is 6.54 Å². The molecule has 0 unspecified atom stereocenters. The predicted octanol–water partition coefficient (Wildman–Crippen LogP) is 2.19. The van der Waals surface area contributed by atoms with Gasteiger partial charge in [0.1, 0.15) is 0 Å². The first-order chi connectivity index (χ1) is 8.69. The summed E-state index contributed by atoms with van der Waals surface area (Å²) in [7, 11) is 0. The van der Waals surface area contributed by atoms with Crippen LogP contribution in [0.3, 0.4) is 0 Å². The molecule has 2 N–H and O–H groups in total. The monoisotopic (exact) mass is 285 g/mol. The number of likely N-dealkylation sites (tertiary alicyclic amines) is 1. The Morgan fingerprint density at radius 2 is 2.05 bits per heavy atom. The van der Waals surface area contributed by atoms with E-state index in [1.807, 2.05) is 6.07 Å². The number of piperidine rings is 1. The molecule has 5 nitrogen and oxygen atoms in total. The van der Waals surface area contributed by atoms with E-state index in [1.165, 1.54) is 6.07 Å². The van der Waals surface area contributed by atoms with Gasteiger partial charge in [0.05, 0.1) is 4.92 Å². The fraction of sp³-hybridized carbons (Fsp3) is 0.538. The molecule has 1 heterocycles. The summed E-state index contributed by atoms with van der Waals surface area (Å²) >= 11 is 0. The van der Waals surface area contributed by atoms with Crippen molar-refractivity contribution in [1.82, 2.24) is 4.90 Å². The van der Waals surface area contributed by atoms with Gasteiger partial charge in [0, 0.05) is 18.7 Å². The van der Waals surface area contributed by atoms with E-state index in [0.29, 0.717) is 5.92 Å². The van der Waals surface area contributed by atoms with Crippen molar-refractivity contribution in [2.45, 2.75) is 19.4 Å². The van der Waals surface area contributed by atoms with Crippen molar-refractivity contribution in [3.05, 3.63) is 39.9 Å². The minimum Gasteiger partial charge on any atom is -0.330 e. The molecule has 0 bridgehead atoms. The molecule has 0 amide bonds. The summed E-state index contributed by atoms with van der Waals surface area (Å²) in [5, 5.41) is 10.7. The second-order valence-corrected chi connectivity index (χ2v) is 4.88. The van der Waals surface area contributed by atoms with Crippen LogP contribution in [0, 0.1) is 16.0 Å². The number of nitrogens with zero attached hydrogens (tertiary/aromatic N) is 2. The third kappa shape index (κ3) is 4.45. The molecule has 1 saturated heterocycles. The van der Waals surface area contributed by atoms with E-state index in [0.717, 1.165) is 44.6 Å². The Morgan fingerprint density at radius 1 is 1.37 bits per heavy atom. The van der Waals surface area contributed by atoms with E-state index in [-0.39, 0.29) is 23.0 Å². The highest BCUT2D eigenvalue weighted by atomic mass is 35.5. The molecule has 0 spiro atoms. The zero-order valence-electron chi connectivity index (χ0n) is 10.8. The molecular formula is C13H20ClN3O2. The van der Waals surface area contributed by atoms with E-state index < -0.39 is 0 Å². The summed E-state index contributed by atoms with van der Waals surface area (Å²) in [6.45, 7) is 3.62. The lowest BCUT2D eigenvalue weighted by Crippen LogP contribution is -2.35. The highest BCUT2D eigenvalue weighted by Gasteiger charge is 2.18. The molecule has 106 valence electrons. The number of nitrogens with two attached hydrogens (primary N) is 1. The maximum Gasteiger partial charge on any atom is 0.269 e. The highest BCUT2D eigenvalue weighted by molar-refractivity contribution is 5.85. The topological polar surface area (TPSA) is 72.4 Å². The molecule has 0 aromatic heterocycles. The van der Waals surface area contributed by atoms with Crippen molar-refractivity contribution < 1.29 is 4.92 Å². The van der Waals surface area contributed by atoms with Crippen molar-refractivity contribution in [2.24, 2.45) is 11.7 Å². The van der Waals surface area contributed by atoms with Crippen molar-refractivity contribution in [3.63, 3.8) is 0 Å². The van der Waals surface area contributed by atoms with Gasteiger partial charge in [0.25, 0.3) is 5.69 Å². The van der Waals surface area contributed by atoms with E-state index in [9.17, 15) is 10.1 Å².